The van der Waals surface area contributed by atoms with Gasteiger partial charge < -0.3 is 4.90 Å². The first-order chi connectivity index (χ1) is 14.3. The van der Waals surface area contributed by atoms with Crippen LogP contribution in [0.15, 0.2) is 48.5 Å². The average Bonchev–Trinajstić information content (AvgIpc) is 3.23. The molecule has 1 amide bonds. The molecule has 4 nitrogen and oxygen atoms in total. The van der Waals surface area contributed by atoms with E-state index in [2.05, 4.69) is 10.2 Å². The van der Waals surface area contributed by atoms with E-state index >= 15 is 0 Å². The van der Waals surface area contributed by atoms with Crippen molar-refractivity contribution in [2.75, 3.05) is 13.1 Å². The number of aromatic nitrogens is 2. The summed E-state index contributed by atoms with van der Waals surface area (Å²) in [5.41, 5.74) is -0.936. The van der Waals surface area contributed by atoms with Crippen molar-refractivity contribution >= 4 is 17.2 Å². The molecule has 156 valence electrons. The van der Waals surface area contributed by atoms with Gasteiger partial charge >= 0.3 is 6.18 Å². The largest absolute Gasteiger partial charge is 0.417 e. The number of hydrogen-bond donors (Lipinski definition) is 0. The SMILES string of the molecule is O=C(c1ccccc1C(F)(F)F)N1CCCC(c2nnc(-c3ccccc3F)s2)C1. The molecule has 1 atom stereocenters. The number of alkyl halides is 3. The van der Waals surface area contributed by atoms with E-state index in [1.165, 1.54) is 40.5 Å². The summed E-state index contributed by atoms with van der Waals surface area (Å²) in [7, 11) is 0. The second-order valence-electron chi connectivity index (χ2n) is 7.06. The Kier molecular flexibility index (Phi) is 5.55. The number of piperidine rings is 1. The summed E-state index contributed by atoms with van der Waals surface area (Å²) < 4.78 is 53.9. The van der Waals surface area contributed by atoms with E-state index in [9.17, 15) is 22.4 Å². The topological polar surface area (TPSA) is 46.1 Å². The first-order valence-corrected chi connectivity index (χ1v) is 10.2. The number of carbonyl (C=O) groups is 1. The van der Waals surface area contributed by atoms with Gasteiger partial charge in [0.2, 0.25) is 0 Å². The van der Waals surface area contributed by atoms with Crippen molar-refractivity contribution < 1.29 is 22.4 Å². The van der Waals surface area contributed by atoms with Gasteiger partial charge in [-0.15, -0.1) is 10.2 Å². The molecule has 1 unspecified atom stereocenters. The van der Waals surface area contributed by atoms with Crippen LogP contribution in [0.5, 0.6) is 0 Å². The minimum absolute atomic E-state index is 0.154. The molecule has 2 heterocycles. The third-order valence-electron chi connectivity index (χ3n) is 5.07. The highest BCUT2D eigenvalue weighted by Crippen LogP contribution is 2.36. The second kappa shape index (κ2) is 8.14. The van der Waals surface area contributed by atoms with Crippen LogP contribution in [-0.4, -0.2) is 34.1 Å². The number of nitrogens with zero attached hydrogens (tertiary/aromatic N) is 3. The summed E-state index contributed by atoms with van der Waals surface area (Å²) in [5.74, 6) is -1.20. The number of amides is 1. The van der Waals surface area contributed by atoms with Gasteiger partial charge in [-0.05, 0) is 37.1 Å². The Balaban J connectivity index is 1.55. The lowest BCUT2D eigenvalue weighted by Crippen LogP contribution is -2.39. The highest BCUT2D eigenvalue weighted by molar-refractivity contribution is 7.14. The molecule has 2 aromatic carbocycles. The Morgan fingerprint density at radius 1 is 1.07 bits per heavy atom. The summed E-state index contributed by atoms with van der Waals surface area (Å²) in [6.45, 7) is 0.622. The molecule has 1 saturated heterocycles. The minimum atomic E-state index is -4.60. The Morgan fingerprint density at radius 3 is 2.57 bits per heavy atom. The van der Waals surface area contributed by atoms with Gasteiger partial charge in [0.15, 0.2) is 5.01 Å². The molecule has 1 aliphatic rings. The average molecular weight is 435 g/mol. The maximum Gasteiger partial charge on any atom is 0.417 e. The van der Waals surface area contributed by atoms with Crippen molar-refractivity contribution in [3.63, 3.8) is 0 Å². The summed E-state index contributed by atoms with van der Waals surface area (Å²) in [5, 5.41) is 9.32. The lowest BCUT2D eigenvalue weighted by molar-refractivity contribution is -0.138. The van der Waals surface area contributed by atoms with Crippen LogP contribution in [0.4, 0.5) is 17.6 Å². The molecular weight excluding hydrogens is 418 g/mol. The minimum Gasteiger partial charge on any atom is -0.338 e. The Bertz CT molecular complexity index is 1070. The maximum absolute atomic E-state index is 14.0. The zero-order valence-electron chi connectivity index (χ0n) is 15.7. The smallest absolute Gasteiger partial charge is 0.338 e. The number of hydrogen-bond acceptors (Lipinski definition) is 4. The summed E-state index contributed by atoms with van der Waals surface area (Å²) in [6, 6.07) is 11.1. The van der Waals surface area contributed by atoms with Gasteiger partial charge in [-0.3, -0.25) is 4.79 Å². The highest BCUT2D eigenvalue weighted by atomic mass is 32.1. The zero-order chi connectivity index (χ0) is 21.3. The van der Waals surface area contributed by atoms with E-state index in [0.717, 1.165) is 12.5 Å². The molecule has 0 radical (unpaired) electrons. The molecule has 0 saturated carbocycles. The van der Waals surface area contributed by atoms with E-state index in [1.54, 1.807) is 18.2 Å². The predicted molar refractivity (Wildman–Crippen MR) is 105 cm³/mol. The van der Waals surface area contributed by atoms with E-state index < -0.39 is 23.5 Å². The summed E-state index contributed by atoms with van der Waals surface area (Å²) >= 11 is 1.24. The standard InChI is InChI=1S/C21H17F4N3OS/c22-17-10-4-2-8-15(17)19-27-26-18(30-19)13-6-5-11-28(12-13)20(29)14-7-1-3-9-16(14)21(23,24)25/h1-4,7-10,13H,5-6,11-12H2. The van der Waals surface area contributed by atoms with Crippen LogP contribution in [0.2, 0.25) is 0 Å². The molecular formula is C21H17F4N3OS. The van der Waals surface area contributed by atoms with Gasteiger partial charge in [0, 0.05) is 24.6 Å². The first-order valence-electron chi connectivity index (χ1n) is 9.38. The Labute approximate surface area is 174 Å². The fourth-order valence-electron chi connectivity index (χ4n) is 3.59. The number of halogens is 4. The van der Waals surface area contributed by atoms with Gasteiger partial charge in [0.25, 0.3) is 5.91 Å². The van der Waals surface area contributed by atoms with Crippen molar-refractivity contribution in [2.45, 2.75) is 24.9 Å². The molecule has 0 N–H and O–H groups in total. The third kappa shape index (κ3) is 4.07. The number of rotatable bonds is 3. The van der Waals surface area contributed by atoms with Gasteiger partial charge in [-0.1, -0.05) is 35.6 Å². The van der Waals surface area contributed by atoms with Gasteiger partial charge in [-0.25, -0.2) is 4.39 Å². The number of benzene rings is 2. The molecule has 9 heteroatoms. The van der Waals surface area contributed by atoms with Crippen LogP contribution >= 0.6 is 11.3 Å². The van der Waals surface area contributed by atoms with Crippen molar-refractivity contribution in [3.8, 4) is 10.6 Å². The fourth-order valence-corrected chi connectivity index (χ4v) is 4.59. The molecule has 4 rings (SSSR count). The summed E-state index contributed by atoms with van der Waals surface area (Å²) in [6.07, 6.45) is -3.23. The third-order valence-corrected chi connectivity index (χ3v) is 6.18. The summed E-state index contributed by atoms with van der Waals surface area (Å²) in [4.78, 5) is 14.3. The van der Waals surface area contributed by atoms with Crippen LogP contribution in [0.25, 0.3) is 10.6 Å². The molecule has 30 heavy (non-hydrogen) atoms. The monoisotopic (exact) mass is 435 g/mol. The maximum atomic E-state index is 14.0. The second-order valence-corrected chi connectivity index (χ2v) is 8.07. The van der Waals surface area contributed by atoms with Crippen molar-refractivity contribution in [2.24, 2.45) is 0 Å². The fraction of sp³-hybridized carbons (Fsp3) is 0.286. The Morgan fingerprint density at radius 2 is 1.80 bits per heavy atom. The number of likely N-dealkylation sites (tertiary alicyclic amines) is 1. The van der Waals surface area contributed by atoms with E-state index in [0.29, 0.717) is 28.5 Å². The van der Waals surface area contributed by atoms with Gasteiger partial charge in [0.05, 0.1) is 11.1 Å². The van der Waals surface area contributed by atoms with E-state index in [4.69, 9.17) is 0 Å². The Hall–Kier alpha value is -2.81. The van der Waals surface area contributed by atoms with Gasteiger partial charge in [-0.2, -0.15) is 13.2 Å². The van der Waals surface area contributed by atoms with E-state index in [1.807, 2.05) is 0 Å². The first kappa shape index (κ1) is 20.5. The quantitative estimate of drug-likeness (QED) is 0.519. The van der Waals surface area contributed by atoms with Crippen LogP contribution in [0, 0.1) is 5.82 Å². The molecule has 1 aliphatic heterocycles. The van der Waals surface area contributed by atoms with Crippen molar-refractivity contribution in [3.05, 3.63) is 70.5 Å². The van der Waals surface area contributed by atoms with Crippen LogP contribution < -0.4 is 0 Å². The molecule has 3 aromatic rings. The molecule has 0 aliphatic carbocycles. The lowest BCUT2D eigenvalue weighted by Gasteiger charge is -2.32. The zero-order valence-corrected chi connectivity index (χ0v) is 16.5. The van der Waals surface area contributed by atoms with Crippen LogP contribution in [0.1, 0.15) is 39.7 Å². The molecule has 0 spiro atoms. The normalized spacial score (nSPS) is 17.2. The van der Waals surface area contributed by atoms with Gasteiger partial charge in [0.1, 0.15) is 10.8 Å². The molecule has 0 bridgehead atoms. The number of carbonyl (C=O) groups excluding carboxylic acids is 1. The highest BCUT2D eigenvalue weighted by Gasteiger charge is 2.37. The van der Waals surface area contributed by atoms with Crippen molar-refractivity contribution in [1.29, 1.82) is 0 Å². The van der Waals surface area contributed by atoms with Crippen LogP contribution in [-0.2, 0) is 6.18 Å². The predicted octanol–water partition coefficient (Wildman–Crippen LogP) is 5.38. The van der Waals surface area contributed by atoms with Crippen molar-refractivity contribution in [1.82, 2.24) is 15.1 Å². The molecule has 1 fully saturated rings. The van der Waals surface area contributed by atoms with Crippen LogP contribution in [0.3, 0.4) is 0 Å². The lowest BCUT2D eigenvalue weighted by atomic mass is 9.97. The van der Waals surface area contributed by atoms with E-state index in [-0.39, 0.29) is 18.0 Å². The molecule has 1 aromatic heterocycles.